The first kappa shape index (κ1) is 10.6. The fraction of sp³-hybridized carbons (Fsp3) is 0.800. The Bertz CT molecular complexity index is 336. The van der Waals surface area contributed by atoms with Crippen LogP contribution in [-0.2, 0) is 17.7 Å². The van der Waals surface area contributed by atoms with Crippen molar-refractivity contribution in [1.29, 1.82) is 0 Å². The summed E-state index contributed by atoms with van der Waals surface area (Å²) in [6.45, 7) is 3.39. The number of nitrogens with zero attached hydrogens (tertiary/aromatic N) is 3. The number of hydrogen-bond donors (Lipinski definition) is 1. The molecule has 2 N–H and O–H groups in total. The van der Waals surface area contributed by atoms with Gasteiger partial charge >= 0.3 is 0 Å². The van der Waals surface area contributed by atoms with Gasteiger partial charge in [-0.1, -0.05) is 12.1 Å². The lowest BCUT2D eigenvalue weighted by atomic mass is 10.2. The molecule has 0 radical (unpaired) electrons. The molecule has 5 nitrogen and oxygen atoms in total. The third kappa shape index (κ3) is 2.03. The van der Waals surface area contributed by atoms with Crippen molar-refractivity contribution in [3.8, 4) is 0 Å². The quantitative estimate of drug-likeness (QED) is 0.769. The lowest BCUT2D eigenvalue weighted by Gasteiger charge is -2.06. The number of rotatable bonds is 5. The number of aromatic nitrogens is 3. The van der Waals surface area contributed by atoms with Crippen molar-refractivity contribution >= 4 is 0 Å². The lowest BCUT2D eigenvalue weighted by Crippen LogP contribution is -2.09. The molecule has 1 aliphatic carbocycles. The average molecular weight is 210 g/mol. The van der Waals surface area contributed by atoms with Gasteiger partial charge in [-0.2, -0.15) is 0 Å². The molecule has 2 rings (SSSR count). The van der Waals surface area contributed by atoms with Crippen LogP contribution in [0.5, 0.6) is 0 Å². The average Bonchev–Trinajstić information content (AvgIpc) is 2.81. The summed E-state index contributed by atoms with van der Waals surface area (Å²) in [5.74, 6) is 0.721. The second-order valence-corrected chi connectivity index (χ2v) is 4.15. The lowest BCUT2D eigenvalue weighted by molar-refractivity contribution is 0.200. The van der Waals surface area contributed by atoms with Crippen molar-refractivity contribution in [2.45, 2.75) is 32.4 Å². The van der Waals surface area contributed by atoms with E-state index in [0.29, 0.717) is 19.2 Å². The van der Waals surface area contributed by atoms with Gasteiger partial charge in [0, 0.05) is 20.1 Å². The Morgan fingerprint density at radius 3 is 2.87 bits per heavy atom. The van der Waals surface area contributed by atoms with Crippen molar-refractivity contribution < 1.29 is 4.74 Å². The number of hydrogen-bond acceptors (Lipinski definition) is 4. The molecule has 0 aliphatic heterocycles. The molecule has 2 atom stereocenters. The van der Waals surface area contributed by atoms with E-state index in [9.17, 15) is 0 Å². The van der Waals surface area contributed by atoms with Gasteiger partial charge < -0.3 is 10.5 Å². The maximum Gasteiger partial charge on any atom is 0.0995 e. The first-order valence-electron chi connectivity index (χ1n) is 5.39. The van der Waals surface area contributed by atoms with E-state index < -0.39 is 0 Å². The molecule has 2 unspecified atom stereocenters. The topological polar surface area (TPSA) is 66.0 Å². The molecule has 1 aromatic heterocycles. The predicted molar refractivity (Wildman–Crippen MR) is 56.3 cm³/mol. The third-order valence-electron chi connectivity index (χ3n) is 2.99. The molecule has 0 saturated heterocycles. The van der Waals surface area contributed by atoms with E-state index in [-0.39, 0.29) is 0 Å². The molecule has 1 aromatic rings. The maximum absolute atomic E-state index is 5.63. The summed E-state index contributed by atoms with van der Waals surface area (Å²) in [5.41, 5.74) is 7.69. The van der Waals surface area contributed by atoms with Gasteiger partial charge in [-0.15, -0.1) is 5.10 Å². The van der Waals surface area contributed by atoms with Gasteiger partial charge in [-0.05, 0) is 12.3 Å². The van der Waals surface area contributed by atoms with Crippen LogP contribution in [0.3, 0.4) is 0 Å². The van der Waals surface area contributed by atoms with Gasteiger partial charge in [0.05, 0.1) is 24.0 Å². The normalized spacial score (nSPS) is 24.5. The molecule has 84 valence electrons. The summed E-state index contributed by atoms with van der Waals surface area (Å²) in [5, 5.41) is 8.30. The van der Waals surface area contributed by atoms with Crippen LogP contribution in [0.4, 0.5) is 0 Å². The summed E-state index contributed by atoms with van der Waals surface area (Å²) in [7, 11) is 1.70. The zero-order valence-electron chi connectivity index (χ0n) is 9.31. The molecule has 0 spiro atoms. The van der Waals surface area contributed by atoms with Crippen LogP contribution in [-0.4, -0.2) is 28.7 Å². The summed E-state index contributed by atoms with van der Waals surface area (Å²) in [6.07, 6.45) is 2.05. The zero-order valence-corrected chi connectivity index (χ0v) is 9.31. The Balaban J connectivity index is 2.17. The van der Waals surface area contributed by atoms with Crippen LogP contribution >= 0.6 is 0 Å². The van der Waals surface area contributed by atoms with E-state index in [0.717, 1.165) is 23.7 Å². The van der Waals surface area contributed by atoms with Gasteiger partial charge in [-0.25, -0.2) is 4.68 Å². The molecule has 5 heteroatoms. The Kier molecular flexibility index (Phi) is 3.02. The van der Waals surface area contributed by atoms with E-state index in [2.05, 4.69) is 17.2 Å². The molecule has 0 aromatic carbocycles. The molecule has 15 heavy (non-hydrogen) atoms. The largest absolute Gasteiger partial charge is 0.384 e. The zero-order chi connectivity index (χ0) is 10.8. The van der Waals surface area contributed by atoms with Crippen LogP contribution in [0.2, 0.25) is 0 Å². The second-order valence-electron chi connectivity index (χ2n) is 4.15. The van der Waals surface area contributed by atoms with E-state index >= 15 is 0 Å². The first-order valence-corrected chi connectivity index (χ1v) is 5.39. The van der Waals surface area contributed by atoms with Gasteiger partial charge in [0.15, 0.2) is 0 Å². The van der Waals surface area contributed by atoms with Crippen molar-refractivity contribution in [3.63, 3.8) is 0 Å². The molecule has 0 amide bonds. The van der Waals surface area contributed by atoms with Gasteiger partial charge in [0.1, 0.15) is 0 Å². The van der Waals surface area contributed by atoms with E-state index in [1.54, 1.807) is 7.11 Å². The molecule has 0 bridgehead atoms. The number of ether oxygens (including phenoxy) is 1. The Labute approximate surface area is 89.6 Å². The Morgan fingerprint density at radius 1 is 1.60 bits per heavy atom. The summed E-state index contributed by atoms with van der Waals surface area (Å²) < 4.78 is 7.12. The summed E-state index contributed by atoms with van der Waals surface area (Å²) in [6, 6.07) is 0.532. The SMILES string of the molecule is COCCc1c(CN)nnn1C1CC1C. The van der Waals surface area contributed by atoms with Gasteiger partial charge in [0.2, 0.25) is 0 Å². The molecule has 1 aliphatic rings. The number of nitrogens with two attached hydrogens (primary N) is 1. The second kappa shape index (κ2) is 4.28. The van der Waals surface area contributed by atoms with E-state index in [1.807, 2.05) is 4.68 Å². The highest BCUT2D eigenvalue weighted by Gasteiger charge is 2.37. The van der Waals surface area contributed by atoms with Crippen molar-refractivity contribution in [2.75, 3.05) is 13.7 Å². The highest BCUT2D eigenvalue weighted by molar-refractivity contribution is 5.13. The summed E-state index contributed by atoms with van der Waals surface area (Å²) >= 11 is 0. The van der Waals surface area contributed by atoms with Crippen LogP contribution in [0.1, 0.15) is 30.8 Å². The minimum atomic E-state index is 0.458. The fourth-order valence-electron chi connectivity index (χ4n) is 1.87. The van der Waals surface area contributed by atoms with Crippen LogP contribution in [0, 0.1) is 5.92 Å². The molecular formula is C10H18N4O. The smallest absolute Gasteiger partial charge is 0.0995 e. The van der Waals surface area contributed by atoms with Crippen molar-refractivity contribution in [2.24, 2.45) is 11.7 Å². The standard InChI is InChI=1S/C10H18N4O/c1-7-5-10(7)14-9(3-4-15-2)8(6-11)12-13-14/h7,10H,3-6,11H2,1-2H3. The fourth-order valence-corrected chi connectivity index (χ4v) is 1.87. The molecule has 1 heterocycles. The minimum absolute atomic E-state index is 0.458. The van der Waals surface area contributed by atoms with Crippen LogP contribution in [0.15, 0.2) is 0 Å². The molecule has 1 fully saturated rings. The highest BCUT2D eigenvalue weighted by Crippen LogP contribution is 2.42. The first-order chi connectivity index (χ1) is 7.27. The predicted octanol–water partition coefficient (Wildman–Crippen LogP) is 0.507. The van der Waals surface area contributed by atoms with E-state index in [1.165, 1.54) is 6.42 Å². The minimum Gasteiger partial charge on any atom is -0.384 e. The van der Waals surface area contributed by atoms with Crippen molar-refractivity contribution in [1.82, 2.24) is 15.0 Å². The van der Waals surface area contributed by atoms with Crippen LogP contribution in [0.25, 0.3) is 0 Å². The molecule has 1 saturated carbocycles. The monoisotopic (exact) mass is 210 g/mol. The third-order valence-corrected chi connectivity index (χ3v) is 2.99. The van der Waals surface area contributed by atoms with E-state index in [4.69, 9.17) is 10.5 Å². The van der Waals surface area contributed by atoms with Crippen LogP contribution < -0.4 is 5.73 Å². The van der Waals surface area contributed by atoms with Gasteiger partial charge in [0.25, 0.3) is 0 Å². The number of methoxy groups -OCH3 is 1. The maximum atomic E-state index is 5.63. The Hall–Kier alpha value is -0.940. The van der Waals surface area contributed by atoms with Crippen molar-refractivity contribution in [3.05, 3.63) is 11.4 Å². The van der Waals surface area contributed by atoms with Gasteiger partial charge in [-0.3, -0.25) is 0 Å². The Morgan fingerprint density at radius 2 is 2.33 bits per heavy atom. The molecular weight excluding hydrogens is 192 g/mol. The summed E-state index contributed by atoms with van der Waals surface area (Å²) in [4.78, 5) is 0. The highest BCUT2D eigenvalue weighted by atomic mass is 16.5.